The van der Waals surface area contributed by atoms with E-state index in [2.05, 4.69) is 73.6 Å². The molecule has 0 aliphatic rings. The summed E-state index contributed by atoms with van der Waals surface area (Å²) in [7, 11) is 0. The van der Waals surface area contributed by atoms with Gasteiger partial charge < -0.3 is 0 Å². The first kappa shape index (κ1) is 16.0. The fourth-order valence-corrected chi connectivity index (χ4v) is 4.12. The van der Waals surface area contributed by atoms with Crippen LogP contribution in [0.1, 0.15) is 11.1 Å². The molecule has 1 aromatic carbocycles. The molecule has 0 aliphatic heterocycles. The Balaban J connectivity index is 2.86. The van der Waals surface area contributed by atoms with Crippen LogP contribution in [0.15, 0.2) is 24.3 Å². The van der Waals surface area contributed by atoms with E-state index in [0.717, 1.165) is 11.1 Å². The van der Waals surface area contributed by atoms with Crippen LogP contribution in [0.3, 0.4) is 0 Å². The molecule has 1 aromatic rings. The van der Waals surface area contributed by atoms with Gasteiger partial charge in [0.1, 0.15) is 0 Å². The first-order chi connectivity index (χ1) is 8.16. The van der Waals surface area contributed by atoms with Gasteiger partial charge in [0.15, 0.2) is 0 Å². The molecule has 0 aliphatic carbocycles. The molecule has 0 amide bonds. The van der Waals surface area contributed by atoms with Crippen molar-refractivity contribution < 1.29 is 0 Å². The van der Waals surface area contributed by atoms with Gasteiger partial charge in [0, 0.05) is 0 Å². The van der Waals surface area contributed by atoms with Gasteiger partial charge in [0.2, 0.25) is 0 Å². The average Bonchev–Trinajstić information content (AvgIpc) is 2.23. The van der Waals surface area contributed by atoms with E-state index >= 15 is 0 Å². The summed E-state index contributed by atoms with van der Waals surface area (Å²) in [5, 5.41) is 0. The van der Waals surface area contributed by atoms with E-state index in [1.165, 1.54) is 0 Å². The van der Waals surface area contributed by atoms with Gasteiger partial charge in [-0.3, -0.25) is 0 Å². The Kier molecular flexibility index (Phi) is 5.68. The van der Waals surface area contributed by atoms with Crippen LogP contribution in [0.2, 0.25) is 29.6 Å². The summed E-state index contributed by atoms with van der Waals surface area (Å²) in [5.41, 5.74) is 2.23. The van der Waals surface area contributed by atoms with Crippen LogP contribution < -0.4 is 0 Å². The van der Waals surface area contributed by atoms with Gasteiger partial charge >= 0.3 is 121 Å². The summed E-state index contributed by atoms with van der Waals surface area (Å²) >= 11 is -3.91. The Bertz CT molecular complexity index is 466. The molecule has 0 fully saturated rings. The third-order valence-electron chi connectivity index (χ3n) is 2.05. The van der Waals surface area contributed by atoms with Crippen LogP contribution >= 0.6 is 0 Å². The van der Waals surface area contributed by atoms with Crippen molar-refractivity contribution in [1.29, 1.82) is 0 Å². The van der Waals surface area contributed by atoms with E-state index in [4.69, 9.17) is 0 Å². The number of benzene rings is 1. The van der Waals surface area contributed by atoms with Crippen LogP contribution in [-0.4, -0.2) is 36.8 Å². The van der Waals surface area contributed by atoms with Gasteiger partial charge in [-0.25, -0.2) is 0 Å². The van der Waals surface area contributed by atoms with E-state index < -0.39 is 36.8 Å². The van der Waals surface area contributed by atoms with E-state index in [1.807, 2.05) is 0 Å². The molecule has 0 saturated heterocycles. The Morgan fingerprint density at radius 1 is 0.611 bits per heavy atom. The second kappa shape index (κ2) is 6.39. The summed E-state index contributed by atoms with van der Waals surface area (Å²) in [4.78, 5) is 14.0. The van der Waals surface area contributed by atoms with Crippen molar-refractivity contribution in [1.82, 2.24) is 0 Å². The first-order valence-electron chi connectivity index (χ1n) is 6.32. The van der Waals surface area contributed by atoms with Crippen LogP contribution in [0, 0.1) is 19.7 Å². The minimum absolute atomic E-state index is 1.12. The van der Waals surface area contributed by atoms with Crippen molar-refractivity contribution in [2.75, 3.05) is 0 Å². The fourth-order valence-electron chi connectivity index (χ4n) is 1.16. The number of hydrogen-bond acceptors (Lipinski definition) is 0. The Morgan fingerprint density at radius 3 is 1.11 bits per heavy atom. The fraction of sp³-hybridized carbons (Fsp3) is 0.375. The standard InChI is InChI=1S/C10H4.6CH3.2Sn/c1-3-9-5-7-10(4-2)8-6-9;;;;;;;;/h5-8H;6*1H3;;. The van der Waals surface area contributed by atoms with Crippen molar-refractivity contribution in [3.63, 3.8) is 0 Å². The SMILES string of the molecule is [CH3][Sn]([CH3])([CH3])[C]#Cc1ccc(C#[C][Sn]([CH3])([CH3])[CH3])cc1. The summed E-state index contributed by atoms with van der Waals surface area (Å²) in [6.07, 6.45) is 0. The van der Waals surface area contributed by atoms with Crippen molar-refractivity contribution in [3.05, 3.63) is 35.4 Å². The van der Waals surface area contributed by atoms with Crippen molar-refractivity contribution in [2.24, 2.45) is 0 Å². The summed E-state index contributed by atoms with van der Waals surface area (Å²) in [5.74, 6) is 6.58. The third kappa shape index (κ3) is 7.39. The second-order valence-electron chi connectivity index (χ2n) is 6.58. The zero-order valence-electron chi connectivity index (χ0n) is 12.3. The van der Waals surface area contributed by atoms with Gasteiger partial charge in [-0.15, -0.1) is 0 Å². The predicted octanol–water partition coefficient (Wildman–Crippen LogP) is 4.14. The first-order valence-corrected chi connectivity index (χ1v) is 26.3. The maximum absolute atomic E-state index is 3.45. The summed E-state index contributed by atoms with van der Waals surface area (Å²) in [6, 6.07) is 8.36. The molecule has 0 N–H and O–H groups in total. The molecule has 0 bridgehead atoms. The zero-order chi connectivity index (χ0) is 13.8. The van der Waals surface area contributed by atoms with Crippen LogP contribution in [0.5, 0.6) is 0 Å². The zero-order valence-corrected chi connectivity index (χ0v) is 18.0. The minimum atomic E-state index is -1.95. The summed E-state index contributed by atoms with van der Waals surface area (Å²) in [6.45, 7) is 0. The molecule has 94 valence electrons. The molecule has 0 unspecified atom stereocenters. The molecule has 1 rings (SSSR count). The molecule has 0 nitrogen and oxygen atoms in total. The van der Waals surface area contributed by atoms with Crippen LogP contribution in [0.25, 0.3) is 0 Å². The van der Waals surface area contributed by atoms with Gasteiger partial charge in [0.05, 0.1) is 0 Å². The van der Waals surface area contributed by atoms with Crippen LogP contribution in [0.4, 0.5) is 0 Å². The predicted molar refractivity (Wildman–Crippen MR) is 86.9 cm³/mol. The van der Waals surface area contributed by atoms with Gasteiger partial charge in [-0.05, 0) is 0 Å². The molecule has 0 spiro atoms. The molecule has 18 heavy (non-hydrogen) atoms. The third-order valence-corrected chi connectivity index (χ3v) is 7.04. The van der Waals surface area contributed by atoms with Crippen molar-refractivity contribution in [3.8, 4) is 19.7 Å². The molecule has 0 radical (unpaired) electrons. The van der Waals surface area contributed by atoms with E-state index in [9.17, 15) is 0 Å². The summed E-state index contributed by atoms with van der Waals surface area (Å²) < 4.78 is 6.90. The molecule has 0 aromatic heterocycles. The van der Waals surface area contributed by atoms with Crippen LogP contribution in [-0.2, 0) is 0 Å². The quantitative estimate of drug-likeness (QED) is 0.411. The van der Waals surface area contributed by atoms with Crippen molar-refractivity contribution >= 4 is 36.8 Å². The van der Waals surface area contributed by atoms with Gasteiger partial charge in [-0.2, -0.15) is 0 Å². The number of hydrogen-bond donors (Lipinski definition) is 0. The average molecular weight is 452 g/mol. The molecule has 2 heteroatoms. The Labute approximate surface area is 120 Å². The normalized spacial score (nSPS) is 11.0. The van der Waals surface area contributed by atoms with E-state index in [1.54, 1.807) is 0 Å². The Morgan fingerprint density at radius 2 is 0.889 bits per heavy atom. The Hall–Kier alpha value is -0.0626. The second-order valence-corrected chi connectivity index (χ2v) is 33.7. The maximum atomic E-state index is 3.45. The molecule has 0 saturated carbocycles. The monoisotopic (exact) mass is 454 g/mol. The van der Waals surface area contributed by atoms with E-state index in [0.29, 0.717) is 0 Å². The molecule has 0 atom stereocenters. The van der Waals surface area contributed by atoms with Crippen molar-refractivity contribution in [2.45, 2.75) is 29.6 Å². The molecule has 0 heterocycles. The molecular formula is C16H22Sn2. The number of rotatable bonds is 0. The van der Waals surface area contributed by atoms with Gasteiger partial charge in [-0.1, -0.05) is 0 Å². The molecular weight excluding hydrogens is 430 g/mol. The van der Waals surface area contributed by atoms with Gasteiger partial charge in [0.25, 0.3) is 0 Å². The topological polar surface area (TPSA) is 0 Å². The van der Waals surface area contributed by atoms with E-state index in [-0.39, 0.29) is 0 Å².